The second-order valence-corrected chi connectivity index (χ2v) is 5.20. The third kappa shape index (κ3) is 9.64. The number of carbonyl (C=O) groups is 2. The second-order valence-electron chi connectivity index (χ2n) is 5.20. The monoisotopic (exact) mass is 366 g/mol. The van der Waals surface area contributed by atoms with Gasteiger partial charge in [-0.05, 0) is 12.8 Å². The van der Waals surface area contributed by atoms with E-state index in [2.05, 4.69) is 27.2 Å². The van der Waals surface area contributed by atoms with Gasteiger partial charge in [0.25, 0.3) is 0 Å². The molecule has 2 atom stereocenters. The predicted molar refractivity (Wildman–Crippen MR) is 91.6 cm³/mol. The molecule has 0 aliphatic heterocycles. The maximum atomic E-state index is 12.3. The van der Waals surface area contributed by atoms with Crippen LogP contribution in [0.5, 0.6) is 0 Å². The van der Waals surface area contributed by atoms with Crippen LogP contribution in [-0.4, -0.2) is 45.8 Å². The van der Waals surface area contributed by atoms with Crippen molar-refractivity contribution >= 4 is 11.9 Å². The fourth-order valence-electron chi connectivity index (χ4n) is 1.93. The molecule has 26 heavy (non-hydrogen) atoms. The van der Waals surface area contributed by atoms with Crippen LogP contribution in [0.3, 0.4) is 0 Å². The summed E-state index contributed by atoms with van der Waals surface area (Å²) in [5.74, 6) is -2.50. The number of carboxylic acid groups (broad SMARTS) is 1. The minimum absolute atomic E-state index is 0.0194. The molecule has 0 spiro atoms. The van der Waals surface area contributed by atoms with Crippen molar-refractivity contribution in [3.05, 3.63) is 46.5 Å². The van der Waals surface area contributed by atoms with Gasteiger partial charge in [0.15, 0.2) is 21.5 Å². The highest BCUT2D eigenvalue weighted by Crippen LogP contribution is 2.09. The zero-order valence-corrected chi connectivity index (χ0v) is 14.1. The summed E-state index contributed by atoms with van der Waals surface area (Å²) in [6.07, 6.45) is 2.98. The molecule has 0 aliphatic carbocycles. The summed E-state index contributed by atoms with van der Waals surface area (Å²) in [5.41, 5.74) is 0. The molecule has 1 amide bonds. The van der Waals surface area contributed by atoms with Crippen LogP contribution in [-0.2, 0) is 9.59 Å². The van der Waals surface area contributed by atoms with Crippen molar-refractivity contribution in [2.45, 2.75) is 37.8 Å². The van der Waals surface area contributed by atoms with E-state index in [1.54, 1.807) is 0 Å². The fourth-order valence-corrected chi connectivity index (χ4v) is 1.93. The van der Waals surface area contributed by atoms with Gasteiger partial charge in [-0.25, -0.2) is 4.79 Å². The molecule has 0 fully saturated rings. The van der Waals surface area contributed by atoms with E-state index in [0.29, 0.717) is 0 Å². The Morgan fingerprint density at radius 3 is 1.92 bits per heavy atom. The number of hydrogen-bond donors (Lipinski definition) is 5. The van der Waals surface area contributed by atoms with E-state index < -0.39 is 24.0 Å². The molecule has 0 aromatic rings. The smallest absolute Gasteiger partial charge is 0.387 e. The average Bonchev–Trinajstić information content (AvgIpc) is 2.58. The number of amides is 1. The number of aliphatic hydroxyl groups is 2. The largest absolute Gasteiger partial charge is 0.505 e. The molecule has 0 aromatic carbocycles. The van der Waals surface area contributed by atoms with Gasteiger partial charge >= 0.3 is 18.4 Å². The molecule has 2 unspecified atom stereocenters. The van der Waals surface area contributed by atoms with Gasteiger partial charge in [-0.3, -0.25) is 4.79 Å². The SMILES string of the molecule is C=CCNC(CC/C(O)=C\[N+]#N)C(=O)NC(CC/C(O)=C\[N+]#N)C(=O)O. The van der Waals surface area contributed by atoms with E-state index in [0.717, 1.165) is 12.4 Å². The molecule has 0 aliphatic rings. The number of hydrogen-bond acceptors (Lipinski definition) is 7. The highest BCUT2D eigenvalue weighted by atomic mass is 16.4. The Hall–Kier alpha value is -3.44. The lowest BCUT2D eigenvalue weighted by molar-refractivity contribution is -0.142. The highest BCUT2D eigenvalue weighted by Gasteiger charge is 2.25. The first-order valence-corrected chi connectivity index (χ1v) is 7.67. The van der Waals surface area contributed by atoms with Crippen molar-refractivity contribution in [2.75, 3.05) is 6.54 Å². The third-order valence-electron chi connectivity index (χ3n) is 3.23. The van der Waals surface area contributed by atoms with E-state index >= 15 is 0 Å². The molecule has 0 bridgehead atoms. The first-order chi connectivity index (χ1) is 12.3. The molecule has 11 heteroatoms. The van der Waals surface area contributed by atoms with Crippen LogP contribution in [0.4, 0.5) is 0 Å². The van der Waals surface area contributed by atoms with Gasteiger partial charge in [-0.1, -0.05) is 6.08 Å². The number of aliphatic hydroxyl groups excluding tert-OH is 2. The minimum atomic E-state index is -1.30. The maximum Gasteiger partial charge on any atom is 0.387 e. The average molecular weight is 366 g/mol. The summed E-state index contributed by atoms with van der Waals surface area (Å²) in [7, 11) is 0. The summed E-state index contributed by atoms with van der Waals surface area (Å²) in [5, 5.41) is 49.8. The Morgan fingerprint density at radius 2 is 1.50 bits per heavy atom. The number of diazo groups is 2. The van der Waals surface area contributed by atoms with Crippen LogP contribution >= 0.6 is 0 Å². The molecule has 0 aromatic heterocycles. The molecular formula is C15H22N6O5+2. The molecule has 0 heterocycles. The van der Waals surface area contributed by atoms with Crippen molar-refractivity contribution in [1.82, 2.24) is 10.6 Å². The second kappa shape index (κ2) is 12.9. The number of rotatable bonds is 12. The lowest BCUT2D eigenvalue weighted by Crippen LogP contribution is -2.50. The zero-order valence-electron chi connectivity index (χ0n) is 14.1. The van der Waals surface area contributed by atoms with E-state index in [1.165, 1.54) is 6.08 Å². The van der Waals surface area contributed by atoms with Gasteiger partial charge in [0, 0.05) is 19.4 Å². The first kappa shape index (κ1) is 22.6. The summed E-state index contributed by atoms with van der Waals surface area (Å²) >= 11 is 0. The number of carboxylic acids is 1. The van der Waals surface area contributed by atoms with E-state index in [-0.39, 0.29) is 43.7 Å². The fraction of sp³-hybridized carbons (Fsp3) is 0.467. The summed E-state index contributed by atoms with van der Waals surface area (Å²) in [6.45, 7) is 3.78. The van der Waals surface area contributed by atoms with Crippen molar-refractivity contribution < 1.29 is 24.9 Å². The Balaban J connectivity index is 4.93. The van der Waals surface area contributed by atoms with Gasteiger partial charge in [0.1, 0.15) is 6.04 Å². The van der Waals surface area contributed by atoms with Gasteiger partial charge in [0.05, 0.1) is 6.04 Å². The summed E-state index contributed by atoms with van der Waals surface area (Å²) < 4.78 is 0. The van der Waals surface area contributed by atoms with Crippen LogP contribution < -0.4 is 10.6 Å². The van der Waals surface area contributed by atoms with Crippen LogP contribution in [0.2, 0.25) is 0 Å². The molecule has 0 saturated heterocycles. The number of nitrogens with one attached hydrogen (secondary N) is 2. The standard InChI is InChI=1S/C15H20N6O5/c1-2-7-18-12(5-3-10(22)8-19-16)14(24)21-13(15(25)26)6-4-11(23)9-20-17/h2,8-9,12-13,18H,1,3-7H2,(H2-2,21,22,23,24,25,26)/p+2/b10-8+,11-9+. The van der Waals surface area contributed by atoms with Crippen LogP contribution in [0.25, 0.3) is 9.95 Å². The maximum absolute atomic E-state index is 12.3. The molecule has 11 nitrogen and oxygen atoms in total. The number of aliphatic carboxylic acids is 1. The summed E-state index contributed by atoms with van der Waals surface area (Å²) in [6, 6.07) is -2.11. The van der Waals surface area contributed by atoms with Crippen LogP contribution in [0.15, 0.2) is 36.6 Å². The quantitative estimate of drug-likeness (QED) is 0.197. The molecule has 0 rings (SSSR count). The topological polar surface area (TPSA) is 175 Å². The minimum Gasteiger partial charge on any atom is -0.505 e. The Bertz CT molecular complexity index is 646. The molecule has 0 radical (unpaired) electrons. The first-order valence-electron chi connectivity index (χ1n) is 7.67. The lowest BCUT2D eigenvalue weighted by atomic mass is 10.1. The molecule has 140 valence electrons. The van der Waals surface area contributed by atoms with E-state index in [9.17, 15) is 24.9 Å². The Kier molecular flexibility index (Phi) is 11.2. The molecule has 0 saturated carbocycles. The van der Waals surface area contributed by atoms with Crippen molar-refractivity contribution in [1.29, 1.82) is 10.8 Å². The van der Waals surface area contributed by atoms with Gasteiger partial charge in [-0.15, -0.1) is 6.58 Å². The number of nitrogens with zero attached hydrogens (tertiary/aromatic N) is 4. The van der Waals surface area contributed by atoms with Gasteiger partial charge < -0.3 is 26.0 Å². The normalized spacial score (nSPS) is 13.8. The van der Waals surface area contributed by atoms with Crippen molar-refractivity contribution in [3.8, 4) is 0 Å². The highest BCUT2D eigenvalue weighted by molar-refractivity contribution is 5.86. The van der Waals surface area contributed by atoms with Crippen LogP contribution in [0, 0.1) is 10.8 Å². The van der Waals surface area contributed by atoms with Gasteiger partial charge in [0.2, 0.25) is 16.7 Å². The number of allylic oxidation sites excluding steroid dienone is 2. The third-order valence-corrected chi connectivity index (χ3v) is 3.23. The van der Waals surface area contributed by atoms with Gasteiger partial charge in [-0.2, -0.15) is 0 Å². The van der Waals surface area contributed by atoms with E-state index in [4.69, 9.17) is 10.8 Å². The molecular weight excluding hydrogens is 344 g/mol. The zero-order chi connectivity index (χ0) is 19.9. The van der Waals surface area contributed by atoms with E-state index in [1.807, 2.05) is 0 Å². The van der Waals surface area contributed by atoms with Crippen molar-refractivity contribution in [3.63, 3.8) is 0 Å². The lowest BCUT2D eigenvalue weighted by Gasteiger charge is -2.20. The van der Waals surface area contributed by atoms with Crippen LogP contribution in [0.1, 0.15) is 25.7 Å². The Morgan fingerprint density at radius 1 is 1.00 bits per heavy atom. The predicted octanol–water partition coefficient (Wildman–Crippen LogP) is 1.77. The van der Waals surface area contributed by atoms with Crippen molar-refractivity contribution in [2.24, 2.45) is 0 Å². The molecule has 5 N–H and O–H groups in total. The summed E-state index contributed by atoms with van der Waals surface area (Å²) in [4.78, 5) is 28.9. The Labute approximate surface area is 150 Å². The number of carbonyl (C=O) groups excluding carboxylic acids is 1.